The average molecular weight is 232 g/mol. The van der Waals surface area contributed by atoms with Crippen LogP contribution in [0.25, 0.3) is 0 Å². The lowest BCUT2D eigenvalue weighted by Gasteiger charge is -2.05. The highest BCUT2D eigenvalue weighted by Gasteiger charge is 2.03. The number of aliphatic hydroxyl groups is 1. The number of aliphatic hydroxyl groups excluding tert-OH is 1. The van der Waals surface area contributed by atoms with Crippen LogP contribution >= 0.6 is 0 Å². The number of nitrogens with one attached hydrogen (secondary N) is 1. The molecule has 0 bridgehead atoms. The first-order valence-corrected chi connectivity index (χ1v) is 5.11. The molecular formula is C11H12N4O2. The topological polar surface area (TPSA) is 80.0 Å². The summed E-state index contributed by atoms with van der Waals surface area (Å²) in [5, 5.41) is 18.9. The van der Waals surface area contributed by atoms with Crippen molar-refractivity contribution in [1.82, 2.24) is 15.0 Å². The zero-order valence-electron chi connectivity index (χ0n) is 9.08. The molecule has 17 heavy (non-hydrogen) atoms. The third kappa shape index (κ3) is 3.12. The van der Waals surface area contributed by atoms with E-state index in [2.05, 4.69) is 15.6 Å². The summed E-state index contributed by atoms with van der Waals surface area (Å²) in [4.78, 5) is 11.6. The number of carbonyl (C=O) groups excluding carboxylic acids is 1. The molecule has 2 rings (SSSR count). The lowest BCUT2D eigenvalue weighted by atomic mass is 10.2. The predicted molar refractivity (Wildman–Crippen MR) is 61.0 cm³/mol. The van der Waals surface area contributed by atoms with Gasteiger partial charge in [0.05, 0.1) is 12.8 Å². The molecular weight excluding hydrogens is 220 g/mol. The molecule has 6 heteroatoms. The molecule has 0 saturated heterocycles. The van der Waals surface area contributed by atoms with Crippen LogP contribution in [0.4, 0.5) is 5.69 Å². The Morgan fingerprint density at radius 3 is 2.71 bits per heavy atom. The summed E-state index contributed by atoms with van der Waals surface area (Å²) in [7, 11) is 0. The molecule has 0 saturated carbocycles. The van der Waals surface area contributed by atoms with Gasteiger partial charge in [-0.1, -0.05) is 17.3 Å². The number of anilines is 1. The third-order valence-corrected chi connectivity index (χ3v) is 2.20. The third-order valence-electron chi connectivity index (χ3n) is 2.20. The number of nitrogens with zero attached hydrogens (tertiary/aromatic N) is 3. The first-order chi connectivity index (χ1) is 8.28. The van der Waals surface area contributed by atoms with Crippen molar-refractivity contribution >= 4 is 11.6 Å². The smallest absolute Gasteiger partial charge is 0.246 e. The zero-order chi connectivity index (χ0) is 12.1. The molecule has 0 aliphatic carbocycles. The van der Waals surface area contributed by atoms with Gasteiger partial charge < -0.3 is 10.4 Å². The minimum atomic E-state index is -0.174. The molecule has 2 N–H and O–H groups in total. The van der Waals surface area contributed by atoms with Gasteiger partial charge in [-0.2, -0.15) is 0 Å². The average Bonchev–Trinajstić information content (AvgIpc) is 2.82. The fourth-order valence-corrected chi connectivity index (χ4v) is 1.36. The zero-order valence-corrected chi connectivity index (χ0v) is 9.08. The van der Waals surface area contributed by atoms with E-state index in [0.29, 0.717) is 5.69 Å². The van der Waals surface area contributed by atoms with E-state index in [0.717, 1.165) is 5.56 Å². The molecule has 1 amide bonds. The van der Waals surface area contributed by atoms with Gasteiger partial charge in [0.2, 0.25) is 5.91 Å². The summed E-state index contributed by atoms with van der Waals surface area (Å²) >= 11 is 0. The van der Waals surface area contributed by atoms with Crippen LogP contribution in [0.3, 0.4) is 0 Å². The van der Waals surface area contributed by atoms with Gasteiger partial charge in [0.1, 0.15) is 6.54 Å². The van der Waals surface area contributed by atoms with E-state index in [4.69, 9.17) is 5.11 Å². The van der Waals surface area contributed by atoms with E-state index < -0.39 is 0 Å². The van der Waals surface area contributed by atoms with Gasteiger partial charge >= 0.3 is 0 Å². The van der Waals surface area contributed by atoms with Crippen molar-refractivity contribution in [2.24, 2.45) is 0 Å². The molecule has 0 aliphatic heterocycles. The molecule has 0 atom stereocenters. The Kier molecular flexibility index (Phi) is 3.46. The molecule has 0 aliphatic rings. The fraction of sp³-hybridized carbons (Fsp3) is 0.182. The molecule has 1 aromatic heterocycles. The number of hydrogen-bond acceptors (Lipinski definition) is 4. The number of carbonyl (C=O) groups is 1. The Balaban J connectivity index is 1.93. The maximum atomic E-state index is 11.6. The van der Waals surface area contributed by atoms with Crippen LogP contribution < -0.4 is 5.32 Å². The molecule has 88 valence electrons. The van der Waals surface area contributed by atoms with Gasteiger partial charge in [-0.05, 0) is 17.7 Å². The molecule has 0 unspecified atom stereocenters. The lowest BCUT2D eigenvalue weighted by Crippen LogP contribution is -2.19. The monoisotopic (exact) mass is 232 g/mol. The predicted octanol–water partition coefficient (Wildman–Crippen LogP) is 0.409. The molecule has 1 heterocycles. The van der Waals surface area contributed by atoms with Crippen LogP contribution in [0, 0.1) is 0 Å². The summed E-state index contributed by atoms with van der Waals surface area (Å²) < 4.78 is 1.44. The summed E-state index contributed by atoms with van der Waals surface area (Å²) in [5.41, 5.74) is 1.49. The minimum Gasteiger partial charge on any atom is -0.392 e. The second kappa shape index (κ2) is 5.22. The van der Waals surface area contributed by atoms with Crippen molar-refractivity contribution in [2.45, 2.75) is 13.2 Å². The van der Waals surface area contributed by atoms with E-state index in [1.807, 2.05) is 0 Å². The van der Waals surface area contributed by atoms with Crippen molar-refractivity contribution < 1.29 is 9.90 Å². The van der Waals surface area contributed by atoms with Gasteiger partial charge in [0.25, 0.3) is 0 Å². The van der Waals surface area contributed by atoms with Crippen molar-refractivity contribution in [2.75, 3.05) is 5.32 Å². The van der Waals surface area contributed by atoms with E-state index in [1.165, 1.54) is 10.9 Å². The van der Waals surface area contributed by atoms with Gasteiger partial charge in [0.15, 0.2) is 0 Å². The minimum absolute atomic E-state index is 0.00676. The summed E-state index contributed by atoms with van der Waals surface area (Å²) in [6, 6.07) is 6.99. The molecule has 1 aromatic carbocycles. The number of rotatable bonds is 4. The molecule has 0 spiro atoms. The number of amides is 1. The highest BCUT2D eigenvalue weighted by atomic mass is 16.3. The Morgan fingerprint density at radius 1 is 1.35 bits per heavy atom. The fourth-order valence-electron chi connectivity index (χ4n) is 1.36. The Hall–Kier alpha value is -2.21. The van der Waals surface area contributed by atoms with E-state index in [9.17, 15) is 4.79 Å². The highest BCUT2D eigenvalue weighted by molar-refractivity contribution is 5.90. The summed E-state index contributed by atoms with van der Waals surface area (Å²) in [5.74, 6) is -0.174. The van der Waals surface area contributed by atoms with E-state index in [1.54, 1.807) is 30.5 Å². The van der Waals surface area contributed by atoms with Crippen LogP contribution in [0.1, 0.15) is 5.56 Å². The van der Waals surface area contributed by atoms with Crippen molar-refractivity contribution in [1.29, 1.82) is 0 Å². The second-order valence-electron chi connectivity index (χ2n) is 3.50. The largest absolute Gasteiger partial charge is 0.392 e. The number of aromatic nitrogens is 3. The van der Waals surface area contributed by atoms with Crippen LogP contribution in [0.5, 0.6) is 0 Å². The second-order valence-corrected chi connectivity index (χ2v) is 3.50. The van der Waals surface area contributed by atoms with Gasteiger partial charge in [-0.15, -0.1) is 5.10 Å². The Labute approximate surface area is 97.9 Å². The number of benzene rings is 1. The quantitative estimate of drug-likeness (QED) is 0.800. The van der Waals surface area contributed by atoms with Crippen LogP contribution in [0.2, 0.25) is 0 Å². The normalized spacial score (nSPS) is 10.2. The SMILES string of the molecule is O=C(Cn1ccnn1)Nc1ccc(CO)cc1. The highest BCUT2D eigenvalue weighted by Crippen LogP contribution is 2.09. The number of hydrogen-bond donors (Lipinski definition) is 2. The molecule has 2 aromatic rings. The van der Waals surface area contributed by atoms with Crippen LogP contribution in [-0.2, 0) is 17.9 Å². The van der Waals surface area contributed by atoms with E-state index >= 15 is 0 Å². The van der Waals surface area contributed by atoms with Crippen molar-refractivity contribution in [3.8, 4) is 0 Å². The van der Waals surface area contributed by atoms with Gasteiger partial charge in [-0.25, -0.2) is 4.68 Å². The van der Waals surface area contributed by atoms with Gasteiger partial charge in [-0.3, -0.25) is 4.79 Å². The first-order valence-electron chi connectivity index (χ1n) is 5.11. The van der Waals surface area contributed by atoms with Crippen LogP contribution in [0.15, 0.2) is 36.7 Å². The van der Waals surface area contributed by atoms with Crippen LogP contribution in [-0.4, -0.2) is 26.0 Å². The summed E-state index contributed by atoms with van der Waals surface area (Å²) in [6.07, 6.45) is 3.14. The molecule has 6 nitrogen and oxygen atoms in total. The maximum Gasteiger partial charge on any atom is 0.246 e. The van der Waals surface area contributed by atoms with Crippen molar-refractivity contribution in [3.05, 3.63) is 42.2 Å². The summed E-state index contributed by atoms with van der Waals surface area (Å²) in [6.45, 7) is 0.120. The first kappa shape index (κ1) is 11.3. The Bertz CT molecular complexity index is 479. The molecule has 0 radical (unpaired) electrons. The molecule has 0 fully saturated rings. The lowest BCUT2D eigenvalue weighted by molar-refractivity contribution is -0.116. The maximum absolute atomic E-state index is 11.6. The van der Waals surface area contributed by atoms with Crippen molar-refractivity contribution in [3.63, 3.8) is 0 Å². The van der Waals surface area contributed by atoms with E-state index in [-0.39, 0.29) is 19.1 Å². The Morgan fingerprint density at radius 2 is 2.12 bits per heavy atom. The standard InChI is InChI=1S/C11H12N4O2/c16-8-9-1-3-10(4-2-9)13-11(17)7-15-6-5-12-14-15/h1-6,16H,7-8H2,(H,13,17). The van der Waals surface area contributed by atoms with Gasteiger partial charge in [0, 0.05) is 11.9 Å².